The predicted molar refractivity (Wildman–Crippen MR) is 114 cm³/mol. The summed E-state index contributed by atoms with van der Waals surface area (Å²) in [6.07, 6.45) is 13.4. The Labute approximate surface area is 170 Å². The molecule has 6 nitrogen and oxygen atoms in total. The topological polar surface area (TPSA) is 71.5 Å². The smallest absolute Gasteiger partial charge is 0.284 e. The first kappa shape index (κ1) is 21.5. The maximum atomic E-state index is 11.6. The normalized spacial score (nSPS) is 21.5. The van der Waals surface area contributed by atoms with Gasteiger partial charge in [0.1, 0.15) is 24.2 Å². The number of amides is 1. The minimum atomic E-state index is -0.974. The molecule has 1 aromatic rings. The Hall–Kier alpha value is -2.80. The number of nitrogens with zero attached hydrogens (tertiary/aromatic N) is 2. The first-order valence-electron chi connectivity index (χ1n) is 8.90. The van der Waals surface area contributed by atoms with Gasteiger partial charge in [-0.3, -0.25) is 4.79 Å². The molecule has 2 rings (SSSR count). The van der Waals surface area contributed by atoms with Gasteiger partial charge in [-0.25, -0.2) is 4.98 Å². The van der Waals surface area contributed by atoms with Crippen molar-refractivity contribution in [2.45, 2.75) is 19.4 Å². The largest absolute Gasteiger partial charge is 0.499 e. The number of aromatic nitrogens is 1. The Morgan fingerprint density at radius 1 is 1.43 bits per heavy atom. The first-order chi connectivity index (χ1) is 13.5. The van der Waals surface area contributed by atoms with Gasteiger partial charge in [0.15, 0.2) is 0 Å². The molecule has 1 saturated heterocycles. The Morgan fingerprint density at radius 3 is 2.93 bits per heavy atom. The van der Waals surface area contributed by atoms with Crippen molar-refractivity contribution in [3.8, 4) is 0 Å². The quantitative estimate of drug-likeness (QED) is 0.294. The number of thioether (sulfide) groups is 1. The van der Waals surface area contributed by atoms with E-state index in [1.807, 2.05) is 61.4 Å². The molecule has 148 valence electrons. The van der Waals surface area contributed by atoms with Gasteiger partial charge in [-0.1, -0.05) is 24.3 Å². The summed E-state index contributed by atoms with van der Waals surface area (Å²) in [5.41, 5.74) is -0.112. The molecule has 1 atom stereocenters. The summed E-state index contributed by atoms with van der Waals surface area (Å²) in [7, 11) is 1.96. The molecule has 1 aliphatic heterocycles. The fraction of sp³-hybridized carbons (Fsp3) is 0.286. The number of anilines is 1. The fourth-order valence-corrected chi connectivity index (χ4v) is 3.39. The molecule has 0 radical (unpaired) electrons. The average Bonchev–Trinajstić information content (AvgIpc) is 2.98. The number of nitrogens with one attached hydrogen (secondary N) is 1. The van der Waals surface area contributed by atoms with E-state index in [0.717, 1.165) is 29.4 Å². The molecular formula is C21H25N3O3S. The molecule has 1 N–H and O–H groups in total. The third-order valence-corrected chi connectivity index (χ3v) is 5.07. The molecule has 1 aliphatic rings. The standard InChI is InChI=1S/C21H25N3O3S/c1-4-8-17(15-18-21(2,16-25)23-20(26)28-18)9-7-13-27-14-12-24(3)19-10-5-6-11-22-19/h4-11,13,15-16H,12,14H2,1-3H3,(H,23,26)/b8-4-,13-7+,17-9+,18-15+. The van der Waals surface area contributed by atoms with E-state index in [0.29, 0.717) is 18.1 Å². The van der Waals surface area contributed by atoms with Crippen LogP contribution in [0.3, 0.4) is 0 Å². The molecule has 0 spiro atoms. The highest BCUT2D eigenvalue weighted by Crippen LogP contribution is 2.35. The van der Waals surface area contributed by atoms with Crippen LogP contribution in [0.15, 0.2) is 71.5 Å². The summed E-state index contributed by atoms with van der Waals surface area (Å²) in [4.78, 5) is 30.0. The van der Waals surface area contributed by atoms with Gasteiger partial charge in [-0.15, -0.1) is 0 Å². The number of carbonyl (C=O) groups is 2. The number of hydrogen-bond acceptors (Lipinski definition) is 6. The third kappa shape index (κ3) is 6.13. The molecule has 7 heteroatoms. The van der Waals surface area contributed by atoms with Crippen LogP contribution in [-0.2, 0) is 9.53 Å². The molecule has 0 aliphatic carbocycles. The number of hydrogen-bond donors (Lipinski definition) is 1. The number of aldehydes is 1. The van der Waals surface area contributed by atoms with Crippen molar-refractivity contribution < 1.29 is 14.3 Å². The van der Waals surface area contributed by atoms with E-state index in [4.69, 9.17) is 4.74 Å². The van der Waals surface area contributed by atoms with Crippen molar-refractivity contribution in [3.63, 3.8) is 0 Å². The summed E-state index contributed by atoms with van der Waals surface area (Å²) >= 11 is 1.04. The predicted octanol–water partition coefficient (Wildman–Crippen LogP) is 3.85. The fourth-order valence-electron chi connectivity index (χ4n) is 2.43. The van der Waals surface area contributed by atoms with Crippen molar-refractivity contribution in [2.24, 2.45) is 0 Å². The molecule has 1 aromatic heterocycles. The summed E-state index contributed by atoms with van der Waals surface area (Å²) in [6, 6.07) is 5.78. The Morgan fingerprint density at radius 2 is 2.25 bits per heavy atom. The number of pyridine rings is 1. The SMILES string of the molecule is C\C=C/C(=C\C=C\OCCN(C)c1ccccn1)/C=C1/SC(=O)NC1(C)C=O. The van der Waals surface area contributed by atoms with E-state index < -0.39 is 5.54 Å². The maximum absolute atomic E-state index is 11.6. The van der Waals surface area contributed by atoms with Crippen molar-refractivity contribution in [3.05, 3.63) is 71.5 Å². The second-order valence-electron chi connectivity index (χ2n) is 6.32. The van der Waals surface area contributed by atoms with Gasteiger partial charge in [0.2, 0.25) is 0 Å². The van der Waals surface area contributed by atoms with E-state index in [2.05, 4.69) is 10.3 Å². The summed E-state index contributed by atoms with van der Waals surface area (Å²) in [6.45, 7) is 4.83. The second kappa shape index (κ2) is 10.5. The molecule has 1 unspecified atom stereocenters. The summed E-state index contributed by atoms with van der Waals surface area (Å²) < 4.78 is 5.54. The van der Waals surface area contributed by atoms with E-state index in [-0.39, 0.29) is 5.24 Å². The van der Waals surface area contributed by atoms with Crippen molar-refractivity contribution >= 4 is 29.1 Å². The van der Waals surface area contributed by atoms with Gasteiger partial charge in [0.25, 0.3) is 5.24 Å². The lowest BCUT2D eigenvalue weighted by atomic mass is 10.0. The monoisotopic (exact) mass is 399 g/mol. The van der Waals surface area contributed by atoms with Crippen LogP contribution in [0.5, 0.6) is 0 Å². The van der Waals surface area contributed by atoms with E-state index in [9.17, 15) is 9.59 Å². The highest BCUT2D eigenvalue weighted by molar-refractivity contribution is 8.17. The summed E-state index contributed by atoms with van der Waals surface area (Å²) in [5, 5.41) is 2.44. The average molecular weight is 400 g/mol. The lowest BCUT2D eigenvalue weighted by Crippen LogP contribution is -2.40. The zero-order valence-electron chi connectivity index (χ0n) is 16.3. The highest BCUT2D eigenvalue weighted by Gasteiger charge is 2.38. The van der Waals surface area contributed by atoms with Crippen LogP contribution >= 0.6 is 11.8 Å². The van der Waals surface area contributed by atoms with Crippen LogP contribution in [0.25, 0.3) is 0 Å². The van der Waals surface area contributed by atoms with Crippen LogP contribution in [0.2, 0.25) is 0 Å². The van der Waals surface area contributed by atoms with Crippen LogP contribution in [-0.4, -0.2) is 42.2 Å². The lowest BCUT2D eigenvalue weighted by Gasteiger charge is -2.17. The van der Waals surface area contributed by atoms with E-state index >= 15 is 0 Å². The maximum Gasteiger partial charge on any atom is 0.284 e. The molecule has 1 amide bonds. The Bertz CT molecular complexity index is 802. The first-order valence-corrected chi connectivity index (χ1v) is 9.72. The molecule has 28 heavy (non-hydrogen) atoms. The Balaban J connectivity index is 1.93. The summed E-state index contributed by atoms with van der Waals surface area (Å²) in [5.74, 6) is 0.896. The Kier molecular flexibility index (Phi) is 8.07. The van der Waals surface area contributed by atoms with E-state index in [1.165, 1.54) is 0 Å². The molecule has 0 aromatic carbocycles. The number of carbonyl (C=O) groups excluding carboxylic acids is 2. The van der Waals surface area contributed by atoms with Crippen molar-refractivity contribution in [1.82, 2.24) is 10.3 Å². The molecule has 0 saturated carbocycles. The van der Waals surface area contributed by atoms with Crippen molar-refractivity contribution in [2.75, 3.05) is 25.1 Å². The third-order valence-electron chi connectivity index (χ3n) is 4.02. The number of allylic oxidation sites excluding steroid dienone is 6. The zero-order valence-corrected chi connectivity index (χ0v) is 17.1. The van der Waals surface area contributed by atoms with Gasteiger partial charge in [0.05, 0.1) is 12.8 Å². The number of ether oxygens (including phenoxy) is 1. The van der Waals surface area contributed by atoms with Gasteiger partial charge < -0.3 is 19.7 Å². The molecule has 2 heterocycles. The molecular weight excluding hydrogens is 374 g/mol. The van der Waals surface area contributed by atoms with Gasteiger partial charge >= 0.3 is 0 Å². The minimum Gasteiger partial charge on any atom is -0.499 e. The zero-order chi connectivity index (χ0) is 20.4. The minimum absolute atomic E-state index is 0.225. The second-order valence-corrected chi connectivity index (χ2v) is 7.33. The van der Waals surface area contributed by atoms with E-state index in [1.54, 1.807) is 25.5 Å². The van der Waals surface area contributed by atoms with Crippen LogP contribution in [0.1, 0.15) is 13.8 Å². The van der Waals surface area contributed by atoms with Gasteiger partial charge in [0, 0.05) is 18.1 Å². The number of likely N-dealkylation sites (N-methyl/N-ethyl adjacent to an activating group) is 1. The van der Waals surface area contributed by atoms with Gasteiger partial charge in [-0.05, 0) is 55.5 Å². The molecule has 0 bridgehead atoms. The lowest BCUT2D eigenvalue weighted by molar-refractivity contribution is -0.111. The number of rotatable bonds is 9. The van der Waals surface area contributed by atoms with Crippen LogP contribution < -0.4 is 10.2 Å². The van der Waals surface area contributed by atoms with Crippen LogP contribution in [0, 0.1) is 0 Å². The van der Waals surface area contributed by atoms with Gasteiger partial charge in [-0.2, -0.15) is 0 Å². The highest BCUT2D eigenvalue weighted by atomic mass is 32.2. The molecule has 1 fully saturated rings. The van der Waals surface area contributed by atoms with Crippen molar-refractivity contribution in [1.29, 1.82) is 0 Å². The van der Waals surface area contributed by atoms with Crippen LogP contribution in [0.4, 0.5) is 10.6 Å².